The van der Waals surface area contributed by atoms with Crippen molar-refractivity contribution in [2.75, 3.05) is 0 Å². The second kappa shape index (κ2) is 14.4. The molecule has 10 rings (SSSR count). The standard InChI is InChI=1S/C52H32N4O/c53-33-34-12-10-19-40(28-34)41-20-11-21-42(29-41)51-54-50(39-17-8-3-9-18-39)55-52(56-51)43-26-27-45-47(31-43)57-48-32-44(36-15-6-2-7-16-36)30-46(49(45)48)38-24-22-37(23-25-38)35-13-4-1-5-14-35/h1-32H. The van der Waals surface area contributed by atoms with Gasteiger partial charge in [0.15, 0.2) is 17.5 Å². The molecular weight excluding hydrogens is 697 g/mol. The highest BCUT2D eigenvalue weighted by molar-refractivity contribution is 6.14. The molecule has 2 aromatic heterocycles. The molecule has 0 saturated carbocycles. The van der Waals surface area contributed by atoms with E-state index in [0.717, 1.165) is 72.0 Å². The van der Waals surface area contributed by atoms with E-state index in [1.807, 2.05) is 91.0 Å². The van der Waals surface area contributed by atoms with Crippen LogP contribution in [-0.4, -0.2) is 15.0 Å². The molecule has 10 aromatic rings. The first-order valence-corrected chi connectivity index (χ1v) is 18.8. The van der Waals surface area contributed by atoms with Gasteiger partial charge in [-0.1, -0.05) is 152 Å². The summed E-state index contributed by atoms with van der Waals surface area (Å²) in [5.41, 5.74) is 13.4. The Bertz CT molecular complexity index is 3110. The summed E-state index contributed by atoms with van der Waals surface area (Å²) in [5.74, 6) is 1.67. The lowest BCUT2D eigenvalue weighted by Crippen LogP contribution is -2.00. The number of furan rings is 1. The van der Waals surface area contributed by atoms with Crippen LogP contribution in [0.25, 0.3) is 101 Å². The number of rotatable bonds is 7. The van der Waals surface area contributed by atoms with Gasteiger partial charge in [-0.15, -0.1) is 0 Å². The van der Waals surface area contributed by atoms with Crippen molar-refractivity contribution in [2.24, 2.45) is 0 Å². The molecule has 0 N–H and O–H groups in total. The summed E-state index contributed by atoms with van der Waals surface area (Å²) in [6.07, 6.45) is 0. The minimum Gasteiger partial charge on any atom is -0.456 e. The molecule has 5 nitrogen and oxygen atoms in total. The predicted octanol–water partition coefficient (Wildman–Crippen LogP) is 13.3. The van der Waals surface area contributed by atoms with E-state index < -0.39 is 0 Å². The number of benzene rings is 8. The lowest BCUT2D eigenvalue weighted by Gasteiger charge is -2.10. The van der Waals surface area contributed by atoms with Crippen LogP contribution < -0.4 is 0 Å². The van der Waals surface area contributed by atoms with Gasteiger partial charge in [0.1, 0.15) is 11.2 Å². The maximum atomic E-state index is 9.51. The highest BCUT2D eigenvalue weighted by Crippen LogP contribution is 2.41. The lowest BCUT2D eigenvalue weighted by molar-refractivity contribution is 0.669. The molecule has 266 valence electrons. The molecule has 0 bridgehead atoms. The van der Waals surface area contributed by atoms with Crippen molar-refractivity contribution in [1.82, 2.24) is 15.0 Å². The molecular formula is C52H32N4O. The molecule has 2 heterocycles. The molecule has 0 radical (unpaired) electrons. The summed E-state index contributed by atoms with van der Waals surface area (Å²) in [4.78, 5) is 15.1. The van der Waals surface area contributed by atoms with Gasteiger partial charge < -0.3 is 4.42 Å². The van der Waals surface area contributed by atoms with Crippen molar-refractivity contribution in [3.05, 3.63) is 200 Å². The van der Waals surface area contributed by atoms with Crippen LogP contribution in [0.3, 0.4) is 0 Å². The summed E-state index contributed by atoms with van der Waals surface area (Å²) in [6, 6.07) is 68.2. The zero-order valence-electron chi connectivity index (χ0n) is 30.7. The highest BCUT2D eigenvalue weighted by atomic mass is 16.3. The predicted molar refractivity (Wildman–Crippen MR) is 230 cm³/mol. The number of fused-ring (bicyclic) bond motifs is 3. The smallest absolute Gasteiger partial charge is 0.164 e. The Morgan fingerprint density at radius 1 is 0.351 bits per heavy atom. The van der Waals surface area contributed by atoms with Gasteiger partial charge in [-0.05, 0) is 87.0 Å². The van der Waals surface area contributed by atoms with Gasteiger partial charge in [-0.2, -0.15) is 5.26 Å². The fourth-order valence-electron chi connectivity index (χ4n) is 7.50. The molecule has 0 fully saturated rings. The van der Waals surface area contributed by atoms with Gasteiger partial charge in [0.25, 0.3) is 0 Å². The average molecular weight is 729 g/mol. The van der Waals surface area contributed by atoms with Crippen molar-refractivity contribution in [1.29, 1.82) is 5.26 Å². The van der Waals surface area contributed by atoms with E-state index in [9.17, 15) is 5.26 Å². The minimum atomic E-state index is 0.541. The van der Waals surface area contributed by atoms with Crippen molar-refractivity contribution in [3.63, 3.8) is 0 Å². The highest BCUT2D eigenvalue weighted by Gasteiger charge is 2.19. The summed E-state index contributed by atoms with van der Waals surface area (Å²) < 4.78 is 6.75. The molecule has 0 unspecified atom stereocenters. The van der Waals surface area contributed by atoms with Gasteiger partial charge in [0, 0.05) is 27.5 Å². The van der Waals surface area contributed by atoms with Gasteiger partial charge in [0.2, 0.25) is 0 Å². The normalized spacial score (nSPS) is 11.1. The Kier molecular flexibility index (Phi) is 8.48. The molecule has 0 atom stereocenters. The van der Waals surface area contributed by atoms with E-state index in [1.165, 1.54) is 11.1 Å². The Morgan fingerprint density at radius 3 is 1.49 bits per heavy atom. The van der Waals surface area contributed by atoms with E-state index in [2.05, 4.69) is 109 Å². The Labute approximate surface area is 329 Å². The third kappa shape index (κ3) is 6.52. The quantitative estimate of drug-likeness (QED) is 0.163. The summed E-state index contributed by atoms with van der Waals surface area (Å²) in [5, 5.41) is 11.6. The van der Waals surface area contributed by atoms with Crippen LogP contribution in [-0.2, 0) is 0 Å². The van der Waals surface area contributed by atoms with Crippen LogP contribution in [0.15, 0.2) is 199 Å². The molecule has 0 saturated heterocycles. The molecule has 0 aliphatic rings. The molecule has 57 heavy (non-hydrogen) atoms. The summed E-state index contributed by atoms with van der Waals surface area (Å²) >= 11 is 0. The Hall–Kier alpha value is -7.94. The third-order valence-electron chi connectivity index (χ3n) is 10.4. The topological polar surface area (TPSA) is 75.6 Å². The van der Waals surface area contributed by atoms with E-state index in [4.69, 9.17) is 19.4 Å². The second-order valence-electron chi connectivity index (χ2n) is 14.0. The van der Waals surface area contributed by atoms with Gasteiger partial charge in [-0.3, -0.25) is 0 Å². The summed E-state index contributed by atoms with van der Waals surface area (Å²) in [6.45, 7) is 0. The minimum absolute atomic E-state index is 0.541. The Balaban J connectivity index is 1.12. The first-order valence-electron chi connectivity index (χ1n) is 18.8. The Morgan fingerprint density at radius 2 is 0.825 bits per heavy atom. The maximum Gasteiger partial charge on any atom is 0.164 e. The first kappa shape index (κ1) is 33.6. The van der Waals surface area contributed by atoms with Crippen molar-refractivity contribution in [3.8, 4) is 84.7 Å². The van der Waals surface area contributed by atoms with Crippen LogP contribution in [0, 0.1) is 11.3 Å². The third-order valence-corrected chi connectivity index (χ3v) is 10.4. The lowest BCUT2D eigenvalue weighted by atomic mass is 9.93. The van der Waals surface area contributed by atoms with Crippen LogP contribution >= 0.6 is 0 Å². The van der Waals surface area contributed by atoms with Gasteiger partial charge in [0.05, 0.1) is 11.6 Å². The van der Waals surface area contributed by atoms with E-state index in [1.54, 1.807) is 0 Å². The fraction of sp³-hybridized carbons (Fsp3) is 0. The van der Waals surface area contributed by atoms with Crippen molar-refractivity contribution < 1.29 is 4.42 Å². The first-order chi connectivity index (χ1) is 28.2. The average Bonchev–Trinajstić information content (AvgIpc) is 3.67. The second-order valence-corrected chi connectivity index (χ2v) is 14.0. The van der Waals surface area contributed by atoms with E-state index in [0.29, 0.717) is 23.0 Å². The zero-order chi connectivity index (χ0) is 38.1. The molecule has 5 heteroatoms. The fourth-order valence-corrected chi connectivity index (χ4v) is 7.50. The SMILES string of the molecule is N#Cc1cccc(-c2cccc(-c3nc(-c4ccccc4)nc(-c4ccc5c(c4)oc4cc(-c6ccccc6)cc(-c6ccc(-c7ccccc7)cc6)c45)n3)c2)c1. The number of aromatic nitrogens is 3. The molecule has 0 amide bonds. The molecule has 0 spiro atoms. The van der Waals surface area contributed by atoms with Gasteiger partial charge in [-0.25, -0.2) is 15.0 Å². The number of nitriles is 1. The zero-order valence-corrected chi connectivity index (χ0v) is 30.7. The molecule has 0 aliphatic heterocycles. The molecule has 0 aliphatic carbocycles. The van der Waals surface area contributed by atoms with E-state index in [-0.39, 0.29) is 0 Å². The van der Waals surface area contributed by atoms with Crippen molar-refractivity contribution in [2.45, 2.75) is 0 Å². The van der Waals surface area contributed by atoms with Crippen LogP contribution in [0.1, 0.15) is 5.56 Å². The van der Waals surface area contributed by atoms with Crippen molar-refractivity contribution >= 4 is 21.9 Å². The largest absolute Gasteiger partial charge is 0.456 e. The summed E-state index contributed by atoms with van der Waals surface area (Å²) in [7, 11) is 0. The van der Waals surface area contributed by atoms with Crippen LogP contribution in [0.4, 0.5) is 0 Å². The van der Waals surface area contributed by atoms with Crippen LogP contribution in [0.2, 0.25) is 0 Å². The monoisotopic (exact) mass is 728 g/mol. The van der Waals surface area contributed by atoms with E-state index >= 15 is 0 Å². The number of nitrogens with zero attached hydrogens (tertiary/aromatic N) is 4. The number of hydrogen-bond donors (Lipinski definition) is 0. The van der Waals surface area contributed by atoms with Gasteiger partial charge >= 0.3 is 0 Å². The molecule has 8 aromatic carbocycles. The van der Waals surface area contributed by atoms with Crippen LogP contribution in [0.5, 0.6) is 0 Å². The number of hydrogen-bond acceptors (Lipinski definition) is 5. The maximum absolute atomic E-state index is 9.51.